The van der Waals surface area contributed by atoms with Gasteiger partial charge in [0.25, 0.3) is 0 Å². The Kier molecular flexibility index (Phi) is 8.42. The Hall–Kier alpha value is -1.73. The van der Waals surface area contributed by atoms with Crippen LogP contribution in [0.25, 0.3) is 0 Å². The normalized spacial score (nSPS) is 15.2. The number of rotatable bonds is 2. The topological polar surface area (TPSA) is 46.3 Å². The molecule has 1 aliphatic heterocycles. The second kappa shape index (κ2) is 9.32. The van der Waals surface area contributed by atoms with Gasteiger partial charge in [-0.25, -0.2) is 0 Å². The standard InChI is InChI=1S/C11H12N2O.2C2H6.H2/c12-11(14)8-13-7-6-9-4-2-1-3-5-10(9)13;2*1-2;/h1,3-5H,6-8H2,(H2,12,14);2*1-2H3;1H. The van der Waals surface area contributed by atoms with Crippen LogP contribution in [0.4, 0.5) is 0 Å². The molecule has 0 aromatic rings. The highest BCUT2D eigenvalue weighted by atomic mass is 16.1. The molecule has 2 rings (SSSR count). The monoisotopic (exact) mass is 250 g/mol. The molecule has 1 aliphatic carbocycles. The molecule has 2 aliphatic rings. The van der Waals surface area contributed by atoms with Gasteiger partial charge >= 0.3 is 0 Å². The summed E-state index contributed by atoms with van der Waals surface area (Å²) >= 11 is 0. The number of hydrogen-bond donors (Lipinski definition) is 1. The van der Waals surface area contributed by atoms with Crippen LogP contribution in [0.1, 0.15) is 35.5 Å². The number of amides is 1. The van der Waals surface area contributed by atoms with E-state index < -0.39 is 0 Å². The van der Waals surface area contributed by atoms with Gasteiger partial charge in [0.15, 0.2) is 0 Å². The molecule has 102 valence electrons. The smallest absolute Gasteiger partial charge is 0.236 e. The first-order chi connectivity index (χ1) is 8.77. The van der Waals surface area contributed by atoms with Gasteiger partial charge in [0.05, 0.1) is 6.54 Å². The molecule has 0 aromatic heterocycles. The van der Waals surface area contributed by atoms with Crippen LogP contribution in [0.2, 0.25) is 0 Å². The molecular formula is C15H26N2O. The molecule has 0 atom stereocenters. The molecular weight excluding hydrogens is 224 g/mol. The third-order valence-corrected chi connectivity index (χ3v) is 2.37. The van der Waals surface area contributed by atoms with Crippen LogP contribution < -0.4 is 5.73 Å². The van der Waals surface area contributed by atoms with Gasteiger partial charge in [-0.05, 0) is 30.2 Å². The highest BCUT2D eigenvalue weighted by Crippen LogP contribution is 2.25. The number of nitrogens with two attached hydrogens (primary N) is 1. The van der Waals surface area contributed by atoms with Gasteiger partial charge < -0.3 is 10.6 Å². The van der Waals surface area contributed by atoms with Crippen molar-refractivity contribution in [2.75, 3.05) is 13.1 Å². The summed E-state index contributed by atoms with van der Waals surface area (Å²) < 4.78 is 0. The fraction of sp³-hybridized carbons (Fsp3) is 0.467. The van der Waals surface area contributed by atoms with Crippen LogP contribution in [-0.2, 0) is 4.79 Å². The quantitative estimate of drug-likeness (QED) is 0.766. The summed E-state index contributed by atoms with van der Waals surface area (Å²) in [6.07, 6.45) is 8.73. The zero-order valence-electron chi connectivity index (χ0n) is 11.9. The summed E-state index contributed by atoms with van der Waals surface area (Å²) in [6, 6.07) is 0. The van der Waals surface area contributed by atoms with Crippen LogP contribution in [-0.4, -0.2) is 23.9 Å². The highest BCUT2D eigenvalue weighted by molar-refractivity contribution is 5.76. The fourth-order valence-corrected chi connectivity index (χ4v) is 1.76. The maximum Gasteiger partial charge on any atom is 0.236 e. The second-order valence-corrected chi connectivity index (χ2v) is 3.39. The Morgan fingerprint density at radius 1 is 1.44 bits per heavy atom. The summed E-state index contributed by atoms with van der Waals surface area (Å²) in [6.45, 7) is 9.17. The lowest BCUT2D eigenvalue weighted by molar-refractivity contribution is -0.118. The van der Waals surface area contributed by atoms with Gasteiger partial charge in [0, 0.05) is 13.7 Å². The first-order valence-corrected chi connectivity index (χ1v) is 6.63. The summed E-state index contributed by atoms with van der Waals surface area (Å²) in [5.41, 5.74) is 10.6. The van der Waals surface area contributed by atoms with Crippen molar-refractivity contribution in [3.63, 3.8) is 0 Å². The van der Waals surface area contributed by atoms with E-state index in [2.05, 4.69) is 5.73 Å². The molecule has 1 heterocycles. The van der Waals surface area contributed by atoms with Crippen LogP contribution >= 0.6 is 0 Å². The minimum atomic E-state index is -0.284. The number of nitrogens with zero attached hydrogens (tertiary/aromatic N) is 1. The van der Waals surface area contributed by atoms with E-state index in [9.17, 15) is 4.79 Å². The zero-order chi connectivity index (χ0) is 14.0. The van der Waals surface area contributed by atoms with Crippen LogP contribution in [0, 0.1) is 0 Å². The molecule has 0 radical (unpaired) electrons. The lowest BCUT2D eigenvalue weighted by Crippen LogP contribution is -2.31. The van der Waals surface area contributed by atoms with Gasteiger partial charge in [0.2, 0.25) is 5.91 Å². The predicted molar refractivity (Wildman–Crippen MR) is 79.0 cm³/mol. The molecule has 0 saturated carbocycles. The molecule has 0 unspecified atom stereocenters. The lowest BCUT2D eigenvalue weighted by Gasteiger charge is -2.17. The van der Waals surface area contributed by atoms with Crippen LogP contribution in [0.15, 0.2) is 41.3 Å². The van der Waals surface area contributed by atoms with E-state index in [1.54, 1.807) is 0 Å². The van der Waals surface area contributed by atoms with Crippen molar-refractivity contribution in [1.29, 1.82) is 0 Å². The van der Waals surface area contributed by atoms with Gasteiger partial charge in [0.1, 0.15) is 0 Å². The maximum absolute atomic E-state index is 10.8. The predicted octanol–water partition coefficient (Wildman–Crippen LogP) is 3.01. The fourth-order valence-electron chi connectivity index (χ4n) is 1.76. The Morgan fingerprint density at radius 2 is 2.11 bits per heavy atom. The van der Waals surface area contributed by atoms with E-state index in [4.69, 9.17) is 5.73 Å². The minimum Gasteiger partial charge on any atom is -0.368 e. The molecule has 1 amide bonds. The van der Waals surface area contributed by atoms with Crippen molar-refractivity contribution in [2.45, 2.75) is 34.1 Å². The molecule has 2 N–H and O–H groups in total. The van der Waals surface area contributed by atoms with Gasteiger partial charge in [-0.1, -0.05) is 33.8 Å². The second-order valence-electron chi connectivity index (χ2n) is 3.39. The molecule has 0 saturated heterocycles. The Balaban J connectivity index is 0. The summed E-state index contributed by atoms with van der Waals surface area (Å²) in [4.78, 5) is 12.8. The van der Waals surface area contributed by atoms with E-state index in [0.29, 0.717) is 6.54 Å². The molecule has 18 heavy (non-hydrogen) atoms. The van der Waals surface area contributed by atoms with Crippen molar-refractivity contribution in [3.8, 4) is 0 Å². The number of carbonyl (C=O) groups excluding carboxylic acids is 1. The van der Waals surface area contributed by atoms with Crippen molar-refractivity contribution in [1.82, 2.24) is 4.90 Å². The average molecular weight is 250 g/mol. The van der Waals surface area contributed by atoms with Crippen molar-refractivity contribution in [3.05, 3.63) is 41.3 Å². The van der Waals surface area contributed by atoms with Gasteiger partial charge in [-0.3, -0.25) is 4.79 Å². The number of carbonyl (C=O) groups is 1. The van der Waals surface area contributed by atoms with E-state index in [1.807, 2.05) is 56.9 Å². The van der Waals surface area contributed by atoms with Gasteiger partial charge in [-0.15, -0.1) is 5.73 Å². The number of primary amides is 1. The lowest BCUT2D eigenvalue weighted by atomic mass is 10.2. The highest BCUT2D eigenvalue weighted by Gasteiger charge is 2.20. The van der Waals surface area contributed by atoms with Crippen molar-refractivity contribution in [2.24, 2.45) is 5.73 Å². The van der Waals surface area contributed by atoms with Crippen LogP contribution in [0.3, 0.4) is 0 Å². The number of allylic oxidation sites excluding steroid dienone is 3. The van der Waals surface area contributed by atoms with Gasteiger partial charge in [-0.2, -0.15) is 0 Å². The SMILES string of the molecule is CC.CC.NC(=O)CN1CCC2=C1C=CC=C=C2.[HH]. The Bertz CT molecular complexity index is 391. The van der Waals surface area contributed by atoms with Crippen molar-refractivity contribution < 1.29 is 6.22 Å². The van der Waals surface area contributed by atoms with E-state index >= 15 is 0 Å². The van der Waals surface area contributed by atoms with E-state index in [0.717, 1.165) is 18.7 Å². The average Bonchev–Trinajstić information content (AvgIpc) is 2.64. The van der Waals surface area contributed by atoms with Crippen molar-refractivity contribution >= 4 is 5.91 Å². The molecule has 3 heteroatoms. The Labute approximate surface area is 112 Å². The van der Waals surface area contributed by atoms with E-state index in [-0.39, 0.29) is 7.33 Å². The molecule has 0 aromatic carbocycles. The third kappa shape index (κ3) is 4.64. The number of hydrogen-bond acceptors (Lipinski definition) is 2. The first-order valence-electron chi connectivity index (χ1n) is 6.63. The summed E-state index contributed by atoms with van der Waals surface area (Å²) in [7, 11) is 0. The molecule has 0 fully saturated rings. The molecule has 3 nitrogen and oxygen atoms in total. The summed E-state index contributed by atoms with van der Waals surface area (Å²) in [5.74, 6) is -0.284. The third-order valence-electron chi connectivity index (χ3n) is 2.37. The Morgan fingerprint density at radius 3 is 2.72 bits per heavy atom. The largest absolute Gasteiger partial charge is 0.368 e. The summed E-state index contributed by atoms with van der Waals surface area (Å²) in [5, 5.41) is 0. The molecule has 0 bridgehead atoms. The zero-order valence-corrected chi connectivity index (χ0v) is 11.9. The van der Waals surface area contributed by atoms with E-state index in [1.165, 1.54) is 5.57 Å². The first kappa shape index (κ1) is 16.3. The maximum atomic E-state index is 10.8. The van der Waals surface area contributed by atoms with Crippen LogP contribution in [0.5, 0.6) is 0 Å². The minimum absolute atomic E-state index is 0. The molecule has 0 spiro atoms.